The number of likely N-dealkylation sites (tertiary alicyclic amines) is 1. The van der Waals surface area contributed by atoms with Gasteiger partial charge < -0.3 is 20.3 Å². The van der Waals surface area contributed by atoms with Crippen LogP contribution in [0.2, 0.25) is 0 Å². The first-order valence-electron chi connectivity index (χ1n) is 14.6. The molecule has 8 nitrogen and oxygen atoms in total. The molecule has 0 unspecified atom stereocenters. The molecule has 1 saturated heterocycles. The van der Waals surface area contributed by atoms with Gasteiger partial charge in [-0.05, 0) is 51.9 Å². The molecule has 0 spiro atoms. The number of hydrogen-bond acceptors (Lipinski definition) is 7. The predicted octanol–water partition coefficient (Wildman–Crippen LogP) is 7.55. The van der Waals surface area contributed by atoms with Gasteiger partial charge in [0, 0.05) is 25.6 Å². The van der Waals surface area contributed by atoms with E-state index in [2.05, 4.69) is 39.9 Å². The van der Waals surface area contributed by atoms with Gasteiger partial charge in [0.2, 0.25) is 16.2 Å². The molecule has 1 aliphatic rings. The van der Waals surface area contributed by atoms with E-state index in [0.717, 1.165) is 25.7 Å². The van der Waals surface area contributed by atoms with Crippen LogP contribution in [0.5, 0.6) is 0 Å². The highest BCUT2D eigenvalue weighted by Crippen LogP contribution is 2.24. The lowest BCUT2D eigenvalue weighted by Crippen LogP contribution is -2.42. The molecule has 0 saturated carbocycles. The zero-order chi connectivity index (χ0) is 26.6. The fourth-order valence-corrected chi connectivity index (χ4v) is 5.20. The van der Waals surface area contributed by atoms with E-state index in [1.807, 2.05) is 6.92 Å². The smallest absolute Gasteiger partial charge is 0.409 e. The fourth-order valence-electron chi connectivity index (χ4n) is 4.47. The number of nitrogens with one attached hydrogen (secondary N) is 2. The molecule has 0 aliphatic carbocycles. The van der Waals surface area contributed by atoms with Crippen LogP contribution in [0.3, 0.4) is 0 Å². The maximum absolute atomic E-state index is 12.2. The molecule has 0 aromatic carbocycles. The molecule has 2 N–H and O–H groups in total. The fraction of sp³-hybridized carbons (Fsp3) is 0.786. The van der Waals surface area contributed by atoms with E-state index in [4.69, 9.17) is 4.74 Å². The molecule has 9 heteroatoms. The summed E-state index contributed by atoms with van der Waals surface area (Å²) in [6.07, 6.45) is 22.9. The van der Waals surface area contributed by atoms with Gasteiger partial charge in [0.05, 0.1) is 6.61 Å². The van der Waals surface area contributed by atoms with Crippen molar-refractivity contribution in [3.05, 3.63) is 12.2 Å². The molecule has 1 aromatic rings. The van der Waals surface area contributed by atoms with Crippen LogP contribution in [0.25, 0.3) is 0 Å². The second-order valence-electron chi connectivity index (χ2n) is 9.90. The minimum atomic E-state index is -0.242. The molecule has 0 bridgehead atoms. The summed E-state index contributed by atoms with van der Waals surface area (Å²) in [4.78, 5) is 25.8. The van der Waals surface area contributed by atoms with Crippen molar-refractivity contribution in [3.8, 4) is 0 Å². The molecule has 2 amide bonds. The van der Waals surface area contributed by atoms with Gasteiger partial charge >= 0.3 is 6.09 Å². The van der Waals surface area contributed by atoms with Crippen molar-refractivity contribution < 1.29 is 14.3 Å². The molecule has 1 aromatic heterocycles. The van der Waals surface area contributed by atoms with Gasteiger partial charge in [-0.15, -0.1) is 10.2 Å². The molecule has 37 heavy (non-hydrogen) atoms. The maximum Gasteiger partial charge on any atom is 0.409 e. The number of amides is 2. The Balaban J connectivity index is 1.45. The zero-order valence-corrected chi connectivity index (χ0v) is 24.0. The lowest BCUT2D eigenvalue weighted by atomic mass is 10.1. The molecule has 0 atom stereocenters. The van der Waals surface area contributed by atoms with Crippen molar-refractivity contribution >= 4 is 33.6 Å². The molecule has 1 fully saturated rings. The van der Waals surface area contributed by atoms with Crippen LogP contribution in [0.1, 0.15) is 117 Å². The van der Waals surface area contributed by atoms with E-state index in [9.17, 15) is 9.59 Å². The SMILES string of the molecule is CCCCCCCCC=CCCCCCCCC(=O)Nc1nnc(NC2CCN(C(=O)OCC)CC2)s1. The second kappa shape index (κ2) is 19.9. The number of anilines is 2. The number of aromatic nitrogens is 2. The molecule has 1 aliphatic heterocycles. The van der Waals surface area contributed by atoms with Gasteiger partial charge in [0.25, 0.3) is 0 Å². The lowest BCUT2D eigenvalue weighted by molar-refractivity contribution is -0.116. The predicted molar refractivity (Wildman–Crippen MR) is 153 cm³/mol. The first-order chi connectivity index (χ1) is 18.1. The zero-order valence-electron chi connectivity index (χ0n) is 23.1. The summed E-state index contributed by atoms with van der Waals surface area (Å²) in [7, 11) is 0. The first kappa shape index (κ1) is 31.1. The summed E-state index contributed by atoms with van der Waals surface area (Å²) in [5, 5.41) is 15.7. The summed E-state index contributed by atoms with van der Waals surface area (Å²) in [6.45, 7) is 5.80. The number of piperidine rings is 1. The molecule has 2 heterocycles. The Kier molecular flexibility index (Phi) is 16.7. The summed E-state index contributed by atoms with van der Waals surface area (Å²) < 4.78 is 5.06. The average Bonchev–Trinajstić information content (AvgIpc) is 3.33. The van der Waals surface area contributed by atoms with Gasteiger partial charge in [-0.25, -0.2) is 4.79 Å². The van der Waals surface area contributed by atoms with Crippen molar-refractivity contribution in [2.45, 2.75) is 123 Å². The Bertz CT molecular complexity index is 778. The van der Waals surface area contributed by atoms with Crippen LogP contribution < -0.4 is 10.6 Å². The Morgan fingerprint density at radius 2 is 1.49 bits per heavy atom. The highest BCUT2D eigenvalue weighted by molar-refractivity contribution is 7.19. The number of carbonyl (C=O) groups excluding carboxylic acids is 2. The highest BCUT2D eigenvalue weighted by Gasteiger charge is 2.24. The van der Waals surface area contributed by atoms with Crippen molar-refractivity contribution in [1.29, 1.82) is 0 Å². The Hall–Kier alpha value is -2.16. The van der Waals surface area contributed by atoms with E-state index in [1.165, 1.54) is 82.0 Å². The van der Waals surface area contributed by atoms with Gasteiger partial charge in [0.15, 0.2) is 0 Å². The van der Waals surface area contributed by atoms with E-state index in [1.54, 1.807) is 4.90 Å². The Morgan fingerprint density at radius 3 is 2.14 bits per heavy atom. The number of rotatable bonds is 19. The Labute approximate surface area is 228 Å². The summed E-state index contributed by atoms with van der Waals surface area (Å²) in [5.41, 5.74) is 0. The van der Waals surface area contributed by atoms with E-state index in [0.29, 0.717) is 36.4 Å². The van der Waals surface area contributed by atoms with Gasteiger partial charge in [-0.3, -0.25) is 4.79 Å². The van der Waals surface area contributed by atoms with E-state index < -0.39 is 0 Å². The minimum absolute atomic E-state index is 0.00284. The van der Waals surface area contributed by atoms with Crippen LogP contribution in [-0.4, -0.2) is 52.8 Å². The largest absolute Gasteiger partial charge is 0.450 e. The number of allylic oxidation sites excluding steroid dienone is 2. The third-order valence-corrected chi connectivity index (χ3v) is 7.46. The molecule has 210 valence electrons. The van der Waals surface area contributed by atoms with Crippen LogP contribution in [-0.2, 0) is 9.53 Å². The quantitative estimate of drug-likeness (QED) is 0.140. The molecular formula is C28H49N5O3S. The van der Waals surface area contributed by atoms with Crippen molar-refractivity contribution in [2.75, 3.05) is 30.3 Å². The van der Waals surface area contributed by atoms with Crippen molar-refractivity contribution in [3.63, 3.8) is 0 Å². The first-order valence-corrected chi connectivity index (χ1v) is 15.4. The number of carbonyl (C=O) groups is 2. The third kappa shape index (κ3) is 14.4. The topological polar surface area (TPSA) is 96.5 Å². The van der Waals surface area contributed by atoms with Crippen LogP contribution in [0, 0.1) is 0 Å². The van der Waals surface area contributed by atoms with Crippen molar-refractivity contribution in [1.82, 2.24) is 15.1 Å². The van der Waals surface area contributed by atoms with E-state index >= 15 is 0 Å². The minimum Gasteiger partial charge on any atom is -0.450 e. The van der Waals surface area contributed by atoms with E-state index in [-0.39, 0.29) is 18.0 Å². The normalized spacial score (nSPS) is 14.3. The standard InChI is InChI=1S/C28H49N5O3S/c1-3-5-6-7-8-9-10-11-12-13-14-15-16-17-18-19-25(34)30-27-32-31-26(37-27)29-24-20-22-33(23-21-24)28(35)36-4-2/h11-12,24H,3-10,13-23H2,1-2H3,(H,29,31)(H,30,32,34). The summed E-state index contributed by atoms with van der Waals surface area (Å²) in [6, 6.07) is 0.234. The lowest BCUT2D eigenvalue weighted by Gasteiger charge is -2.31. The van der Waals surface area contributed by atoms with Crippen LogP contribution in [0.15, 0.2) is 12.2 Å². The van der Waals surface area contributed by atoms with Gasteiger partial charge in [-0.1, -0.05) is 81.8 Å². The summed E-state index contributed by atoms with van der Waals surface area (Å²) in [5.74, 6) is 0.00284. The molecule has 2 rings (SSSR count). The number of nitrogens with zero attached hydrogens (tertiary/aromatic N) is 3. The average molecular weight is 536 g/mol. The molecule has 0 radical (unpaired) electrons. The van der Waals surface area contributed by atoms with Gasteiger partial charge in [-0.2, -0.15) is 0 Å². The Morgan fingerprint density at radius 1 is 0.892 bits per heavy atom. The second-order valence-corrected chi connectivity index (χ2v) is 10.9. The number of unbranched alkanes of at least 4 members (excludes halogenated alkanes) is 11. The number of hydrogen-bond donors (Lipinski definition) is 2. The highest BCUT2D eigenvalue weighted by atomic mass is 32.1. The van der Waals surface area contributed by atoms with Crippen molar-refractivity contribution in [2.24, 2.45) is 0 Å². The van der Waals surface area contributed by atoms with Crippen LogP contribution >= 0.6 is 11.3 Å². The monoisotopic (exact) mass is 535 g/mol. The summed E-state index contributed by atoms with van der Waals surface area (Å²) >= 11 is 1.36. The van der Waals surface area contributed by atoms with Gasteiger partial charge in [0.1, 0.15) is 0 Å². The number of ether oxygens (including phenoxy) is 1. The van der Waals surface area contributed by atoms with Crippen LogP contribution in [0.4, 0.5) is 15.1 Å². The third-order valence-electron chi connectivity index (χ3n) is 6.69. The molecular weight excluding hydrogens is 486 g/mol. The maximum atomic E-state index is 12.2.